The number of thioether (sulfide) groups is 2. The number of aromatic nitrogens is 1. The summed E-state index contributed by atoms with van der Waals surface area (Å²) >= 11 is 3.22. The summed E-state index contributed by atoms with van der Waals surface area (Å²) < 4.78 is 17.0. The lowest BCUT2D eigenvalue weighted by molar-refractivity contribution is -0.119. The van der Waals surface area contributed by atoms with Crippen molar-refractivity contribution in [3.05, 3.63) is 59.5 Å². The minimum absolute atomic E-state index is 0.0218. The lowest BCUT2D eigenvalue weighted by atomic mass is 10.1. The summed E-state index contributed by atoms with van der Waals surface area (Å²) in [5.74, 6) is 3.81. The fourth-order valence-electron chi connectivity index (χ4n) is 3.36. The number of benzene rings is 2. The van der Waals surface area contributed by atoms with Gasteiger partial charge in [-0.15, -0.1) is 23.5 Å². The van der Waals surface area contributed by atoms with Gasteiger partial charge in [0.1, 0.15) is 19.0 Å². The summed E-state index contributed by atoms with van der Waals surface area (Å²) in [6, 6.07) is 13.8. The first-order valence-corrected chi connectivity index (χ1v) is 12.8. The molecule has 0 radical (unpaired) electrons. The van der Waals surface area contributed by atoms with Crippen LogP contribution in [0.1, 0.15) is 30.0 Å². The molecule has 2 heterocycles. The van der Waals surface area contributed by atoms with Gasteiger partial charge in [0.2, 0.25) is 11.8 Å². The molecule has 1 aliphatic heterocycles. The largest absolute Gasteiger partial charge is 0.486 e. The molecular weight excluding hydrogens is 444 g/mol. The third kappa shape index (κ3) is 5.42. The van der Waals surface area contributed by atoms with E-state index >= 15 is 0 Å². The Morgan fingerprint density at radius 3 is 2.62 bits per heavy atom. The maximum Gasteiger partial charge on any atom is 0.230 e. The number of aryl methyl sites for hydroxylation is 1. The summed E-state index contributed by atoms with van der Waals surface area (Å²) in [4.78, 5) is 18.3. The van der Waals surface area contributed by atoms with Crippen molar-refractivity contribution in [3.8, 4) is 23.0 Å². The maximum atomic E-state index is 12.4. The van der Waals surface area contributed by atoms with Crippen LogP contribution < -0.4 is 14.8 Å². The number of nitrogens with zero attached hydrogens (tertiary/aromatic N) is 1. The molecule has 1 unspecified atom stereocenters. The molecule has 1 aromatic heterocycles. The predicted molar refractivity (Wildman–Crippen MR) is 129 cm³/mol. The van der Waals surface area contributed by atoms with Gasteiger partial charge in [-0.1, -0.05) is 6.07 Å². The predicted octanol–water partition coefficient (Wildman–Crippen LogP) is 5.25. The van der Waals surface area contributed by atoms with Gasteiger partial charge < -0.3 is 19.2 Å². The zero-order valence-electron chi connectivity index (χ0n) is 18.3. The van der Waals surface area contributed by atoms with Gasteiger partial charge in [0.05, 0.1) is 17.5 Å². The third-order valence-corrected chi connectivity index (χ3v) is 6.83. The molecule has 1 amide bonds. The van der Waals surface area contributed by atoms with Crippen LogP contribution in [0.2, 0.25) is 0 Å². The van der Waals surface area contributed by atoms with Crippen LogP contribution in [0.15, 0.2) is 51.8 Å². The van der Waals surface area contributed by atoms with E-state index in [1.54, 1.807) is 11.8 Å². The van der Waals surface area contributed by atoms with E-state index in [0.717, 1.165) is 34.1 Å². The van der Waals surface area contributed by atoms with Crippen LogP contribution >= 0.6 is 23.5 Å². The highest BCUT2D eigenvalue weighted by Gasteiger charge is 2.17. The number of fused-ring (bicyclic) bond motifs is 1. The number of oxazole rings is 1. The van der Waals surface area contributed by atoms with E-state index in [9.17, 15) is 4.79 Å². The van der Waals surface area contributed by atoms with E-state index in [1.807, 2.05) is 50.4 Å². The van der Waals surface area contributed by atoms with Gasteiger partial charge in [-0.2, -0.15) is 0 Å². The van der Waals surface area contributed by atoms with Gasteiger partial charge in [-0.3, -0.25) is 4.79 Å². The van der Waals surface area contributed by atoms with Crippen LogP contribution in [-0.2, 0) is 10.5 Å². The minimum atomic E-state index is -0.122. The van der Waals surface area contributed by atoms with E-state index in [-0.39, 0.29) is 11.9 Å². The highest BCUT2D eigenvalue weighted by Crippen LogP contribution is 2.32. The average Bonchev–Trinajstić information content (AvgIpc) is 3.19. The Morgan fingerprint density at radius 2 is 1.88 bits per heavy atom. The number of carbonyl (C=O) groups is 1. The number of ether oxygens (including phenoxy) is 2. The van der Waals surface area contributed by atoms with E-state index in [4.69, 9.17) is 13.9 Å². The third-order valence-electron chi connectivity index (χ3n) is 5.15. The summed E-state index contributed by atoms with van der Waals surface area (Å²) in [5.41, 5.74) is 2.80. The second-order valence-electron chi connectivity index (χ2n) is 7.44. The summed E-state index contributed by atoms with van der Waals surface area (Å²) in [6.45, 7) is 4.98. The highest BCUT2D eigenvalue weighted by atomic mass is 32.2. The molecule has 8 heteroatoms. The standard InChI is InChI=1S/C24H26N2O4S2/c1-15(18-6-9-21-22(12-18)29-11-10-28-21)25-23(27)14-32-13-20-16(2)30-24(26-20)17-4-7-19(31-3)8-5-17/h4-9,12,15H,10-11,13-14H2,1-3H3,(H,25,27). The van der Waals surface area contributed by atoms with Crippen LogP contribution in [0, 0.1) is 6.92 Å². The fraction of sp³-hybridized carbons (Fsp3) is 0.333. The molecule has 1 N–H and O–H groups in total. The van der Waals surface area contributed by atoms with E-state index < -0.39 is 0 Å². The molecule has 2 aromatic carbocycles. The Kier molecular flexibility index (Phi) is 7.32. The van der Waals surface area contributed by atoms with Gasteiger partial charge in [-0.05, 0) is 62.1 Å². The minimum Gasteiger partial charge on any atom is -0.486 e. The number of rotatable bonds is 8. The number of carbonyl (C=O) groups excluding carboxylic acids is 1. The van der Waals surface area contributed by atoms with Crippen molar-refractivity contribution >= 4 is 29.4 Å². The zero-order chi connectivity index (χ0) is 22.5. The normalized spacial score (nSPS) is 13.6. The molecule has 1 atom stereocenters. The van der Waals surface area contributed by atoms with Gasteiger partial charge in [0, 0.05) is 16.2 Å². The van der Waals surface area contributed by atoms with Crippen molar-refractivity contribution in [2.24, 2.45) is 0 Å². The highest BCUT2D eigenvalue weighted by molar-refractivity contribution is 7.99. The number of hydrogen-bond donors (Lipinski definition) is 1. The van der Waals surface area contributed by atoms with E-state index in [2.05, 4.69) is 22.4 Å². The molecule has 0 fully saturated rings. The van der Waals surface area contributed by atoms with Crippen LogP contribution in [-0.4, -0.2) is 36.1 Å². The van der Waals surface area contributed by atoms with Crippen molar-refractivity contribution in [3.63, 3.8) is 0 Å². The van der Waals surface area contributed by atoms with Crippen LogP contribution in [0.4, 0.5) is 0 Å². The molecule has 32 heavy (non-hydrogen) atoms. The first-order chi connectivity index (χ1) is 15.5. The molecule has 0 spiro atoms. The van der Waals surface area contributed by atoms with Gasteiger partial charge in [-0.25, -0.2) is 4.98 Å². The van der Waals surface area contributed by atoms with Crippen molar-refractivity contribution < 1.29 is 18.7 Å². The zero-order valence-corrected chi connectivity index (χ0v) is 20.0. The van der Waals surface area contributed by atoms with Crippen LogP contribution in [0.25, 0.3) is 11.5 Å². The molecule has 0 bridgehead atoms. The van der Waals surface area contributed by atoms with Crippen LogP contribution in [0.5, 0.6) is 11.5 Å². The van der Waals surface area contributed by atoms with Crippen molar-refractivity contribution in [1.29, 1.82) is 0 Å². The average molecular weight is 471 g/mol. The maximum absolute atomic E-state index is 12.4. The Morgan fingerprint density at radius 1 is 1.12 bits per heavy atom. The monoisotopic (exact) mass is 470 g/mol. The molecule has 4 rings (SSSR count). The Bertz CT molecular complexity index is 1080. The molecule has 1 aliphatic rings. The first-order valence-electron chi connectivity index (χ1n) is 10.4. The summed E-state index contributed by atoms with van der Waals surface area (Å²) in [7, 11) is 0. The molecule has 3 aromatic rings. The first kappa shape index (κ1) is 22.6. The summed E-state index contributed by atoms with van der Waals surface area (Å²) in [6.07, 6.45) is 2.05. The van der Waals surface area contributed by atoms with E-state index in [1.165, 1.54) is 16.7 Å². The molecular formula is C24H26N2O4S2. The molecule has 6 nitrogen and oxygen atoms in total. The van der Waals surface area contributed by atoms with Crippen molar-refractivity contribution in [2.75, 3.05) is 25.2 Å². The molecule has 168 valence electrons. The van der Waals surface area contributed by atoms with E-state index in [0.29, 0.717) is 30.6 Å². The number of nitrogens with one attached hydrogen (secondary N) is 1. The molecule has 0 saturated carbocycles. The lowest BCUT2D eigenvalue weighted by Gasteiger charge is -2.21. The number of hydrogen-bond acceptors (Lipinski definition) is 7. The topological polar surface area (TPSA) is 73.6 Å². The summed E-state index contributed by atoms with van der Waals surface area (Å²) in [5, 5.41) is 3.04. The molecule has 0 aliphatic carbocycles. The second-order valence-corrected chi connectivity index (χ2v) is 9.30. The quantitative estimate of drug-likeness (QED) is 0.451. The van der Waals surface area contributed by atoms with Gasteiger partial charge in [0.15, 0.2) is 11.5 Å². The Labute approximate surface area is 196 Å². The molecule has 0 saturated heterocycles. The van der Waals surface area contributed by atoms with Gasteiger partial charge in [0.25, 0.3) is 0 Å². The van der Waals surface area contributed by atoms with Gasteiger partial charge >= 0.3 is 0 Å². The Balaban J connectivity index is 1.28. The van der Waals surface area contributed by atoms with Crippen molar-refractivity contribution in [1.82, 2.24) is 10.3 Å². The van der Waals surface area contributed by atoms with Crippen LogP contribution in [0.3, 0.4) is 0 Å². The lowest BCUT2D eigenvalue weighted by Crippen LogP contribution is -2.28. The smallest absolute Gasteiger partial charge is 0.230 e. The second kappa shape index (κ2) is 10.4. The Hall–Kier alpha value is -2.58. The SMILES string of the molecule is CSc1ccc(-c2nc(CSCC(=O)NC(C)c3ccc4c(c3)OCCO4)c(C)o2)cc1. The van der Waals surface area contributed by atoms with Crippen molar-refractivity contribution in [2.45, 2.75) is 30.5 Å². The fourth-order valence-corrected chi connectivity index (χ4v) is 4.60. The number of amides is 1.